The van der Waals surface area contributed by atoms with E-state index in [1.54, 1.807) is 25.1 Å². The summed E-state index contributed by atoms with van der Waals surface area (Å²) in [5.74, 6) is -1.02. The van der Waals surface area contributed by atoms with E-state index in [0.717, 1.165) is 10.9 Å². The Morgan fingerprint density at radius 3 is 2.50 bits per heavy atom. The number of hydrogen-bond acceptors (Lipinski definition) is 5. The second-order valence-corrected chi connectivity index (χ2v) is 5.48. The van der Waals surface area contributed by atoms with Gasteiger partial charge in [-0.2, -0.15) is 0 Å². The van der Waals surface area contributed by atoms with Crippen LogP contribution in [0.2, 0.25) is 0 Å². The van der Waals surface area contributed by atoms with Crippen molar-refractivity contribution in [2.75, 3.05) is 6.61 Å². The Morgan fingerprint density at radius 1 is 1.00 bits per heavy atom. The van der Waals surface area contributed by atoms with Crippen LogP contribution >= 0.6 is 0 Å². The Labute approximate surface area is 150 Å². The fraction of sp³-hybridized carbons (Fsp3) is 0.143. The molecule has 0 aliphatic carbocycles. The summed E-state index contributed by atoms with van der Waals surface area (Å²) in [6, 6.07) is 16.6. The van der Waals surface area contributed by atoms with Crippen molar-refractivity contribution in [2.45, 2.75) is 13.5 Å². The van der Waals surface area contributed by atoms with Crippen LogP contribution in [0.25, 0.3) is 17.0 Å². The lowest BCUT2D eigenvalue weighted by Crippen LogP contribution is -2.08. The third kappa shape index (κ3) is 4.00. The molecule has 3 aromatic rings. The van der Waals surface area contributed by atoms with Gasteiger partial charge in [0.15, 0.2) is 0 Å². The van der Waals surface area contributed by atoms with Crippen LogP contribution in [-0.4, -0.2) is 18.5 Å². The van der Waals surface area contributed by atoms with Gasteiger partial charge in [0.05, 0.1) is 12.2 Å². The van der Waals surface area contributed by atoms with Gasteiger partial charge in [-0.25, -0.2) is 9.59 Å². The maximum absolute atomic E-state index is 12.1. The predicted molar refractivity (Wildman–Crippen MR) is 97.4 cm³/mol. The molecule has 0 saturated heterocycles. The maximum Gasteiger partial charge on any atom is 0.374 e. The van der Waals surface area contributed by atoms with Crippen LogP contribution in [0.5, 0.6) is 0 Å². The minimum atomic E-state index is -0.574. The standard InChI is InChI=1S/C21H18O5/c1-2-24-21(23)20-17(16-10-6-7-11-18(16)26-20)14-25-19(22)13-12-15-8-4-3-5-9-15/h3-13H,2,14H2,1H3/b13-12+. The van der Waals surface area contributed by atoms with Gasteiger partial charge in [0, 0.05) is 11.5 Å². The predicted octanol–water partition coefficient (Wildman–Crippen LogP) is 4.37. The largest absolute Gasteiger partial charge is 0.460 e. The monoisotopic (exact) mass is 350 g/mol. The molecule has 2 aromatic carbocycles. The highest BCUT2D eigenvalue weighted by Crippen LogP contribution is 2.27. The number of esters is 2. The second-order valence-electron chi connectivity index (χ2n) is 5.48. The number of fused-ring (bicyclic) bond motifs is 1. The molecule has 5 nitrogen and oxygen atoms in total. The minimum Gasteiger partial charge on any atom is -0.460 e. The first-order valence-corrected chi connectivity index (χ1v) is 8.26. The van der Waals surface area contributed by atoms with Gasteiger partial charge in [-0.15, -0.1) is 0 Å². The molecule has 0 bridgehead atoms. The summed E-state index contributed by atoms with van der Waals surface area (Å²) < 4.78 is 15.9. The molecular formula is C21H18O5. The third-order valence-corrected chi connectivity index (χ3v) is 3.73. The van der Waals surface area contributed by atoms with Crippen molar-refractivity contribution >= 4 is 29.0 Å². The van der Waals surface area contributed by atoms with Crippen molar-refractivity contribution in [1.29, 1.82) is 0 Å². The van der Waals surface area contributed by atoms with Crippen LogP contribution in [0.1, 0.15) is 28.6 Å². The van der Waals surface area contributed by atoms with E-state index in [4.69, 9.17) is 13.9 Å². The number of furan rings is 1. The number of carbonyl (C=O) groups excluding carboxylic acids is 2. The zero-order valence-corrected chi connectivity index (χ0v) is 14.3. The molecule has 0 atom stereocenters. The summed E-state index contributed by atoms with van der Waals surface area (Å²) in [6.45, 7) is 1.87. The van der Waals surface area contributed by atoms with Gasteiger partial charge in [0.25, 0.3) is 0 Å². The smallest absolute Gasteiger partial charge is 0.374 e. The normalized spacial score (nSPS) is 11.0. The topological polar surface area (TPSA) is 65.7 Å². The molecule has 0 amide bonds. The van der Waals surface area contributed by atoms with E-state index in [0.29, 0.717) is 11.1 Å². The Kier molecular flexibility index (Phi) is 5.49. The third-order valence-electron chi connectivity index (χ3n) is 3.73. The SMILES string of the molecule is CCOC(=O)c1oc2ccccc2c1COC(=O)/C=C/c1ccccc1. The fourth-order valence-corrected chi connectivity index (χ4v) is 2.52. The molecule has 0 N–H and O–H groups in total. The summed E-state index contributed by atoms with van der Waals surface area (Å²) in [6.07, 6.45) is 3.02. The van der Waals surface area contributed by atoms with E-state index in [1.807, 2.05) is 42.5 Å². The number of benzene rings is 2. The first-order valence-electron chi connectivity index (χ1n) is 8.26. The summed E-state index contributed by atoms with van der Waals surface area (Å²) in [5, 5.41) is 0.718. The molecule has 26 heavy (non-hydrogen) atoms. The Hall–Kier alpha value is -3.34. The van der Waals surface area contributed by atoms with Crippen molar-refractivity contribution in [1.82, 2.24) is 0 Å². The highest BCUT2D eigenvalue weighted by molar-refractivity contribution is 5.96. The van der Waals surface area contributed by atoms with E-state index >= 15 is 0 Å². The lowest BCUT2D eigenvalue weighted by molar-refractivity contribution is -0.138. The fourth-order valence-electron chi connectivity index (χ4n) is 2.52. The van der Waals surface area contributed by atoms with Crippen molar-refractivity contribution in [3.05, 3.63) is 77.6 Å². The van der Waals surface area contributed by atoms with Crippen molar-refractivity contribution in [3.8, 4) is 0 Å². The minimum absolute atomic E-state index is 0.0629. The average molecular weight is 350 g/mol. The zero-order valence-electron chi connectivity index (χ0n) is 14.3. The van der Waals surface area contributed by atoms with E-state index in [9.17, 15) is 9.59 Å². The highest BCUT2D eigenvalue weighted by atomic mass is 16.5. The van der Waals surface area contributed by atoms with E-state index in [1.165, 1.54) is 6.08 Å². The Morgan fingerprint density at radius 2 is 1.73 bits per heavy atom. The molecule has 0 spiro atoms. The van der Waals surface area contributed by atoms with E-state index in [2.05, 4.69) is 0 Å². The van der Waals surface area contributed by atoms with Gasteiger partial charge in [-0.3, -0.25) is 0 Å². The molecule has 0 unspecified atom stereocenters. The Bertz CT molecular complexity index is 937. The molecule has 0 radical (unpaired) electrons. The molecule has 5 heteroatoms. The van der Waals surface area contributed by atoms with Crippen LogP contribution in [0.15, 0.2) is 65.1 Å². The summed E-state index contributed by atoms with van der Waals surface area (Å²) in [4.78, 5) is 24.1. The molecule has 132 valence electrons. The van der Waals surface area contributed by atoms with E-state index in [-0.39, 0.29) is 19.0 Å². The van der Waals surface area contributed by atoms with Gasteiger partial charge in [0.1, 0.15) is 12.2 Å². The van der Waals surface area contributed by atoms with Gasteiger partial charge in [-0.05, 0) is 24.6 Å². The summed E-state index contributed by atoms with van der Waals surface area (Å²) >= 11 is 0. The summed E-state index contributed by atoms with van der Waals surface area (Å²) in [7, 11) is 0. The molecule has 1 heterocycles. The number of para-hydroxylation sites is 1. The molecule has 0 aliphatic heterocycles. The average Bonchev–Trinajstić information content (AvgIpc) is 3.04. The van der Waals surface area contributed by atoms with Crippen LogP contribution < -0.4 is 0 Å². The van der Waals surface area contributed by atoms with Crippen molar-refractivity contribution in [3.63, 3.8) is 0 Å². The first-order chi connectivity index (χ1) is 12.7. The number of rotatable bonds is 6. The Balaban J connectivity index is 1.77. The van der Waals surface area contributed by atoms with Gasteiger partial charge in [0.2, 0.25) is 5.76 Å². The molecule has 1 aromatic heterocycles. The maximum atomic E-state index is 12.1. The zero-order chi connectivity index (χ0) is 18.4. The van der Waals surface area contributed by atoms with Crippen LogP contribution in [0, 0.1) is 0 Å². The number of carbonyl (C=O) groups is 2. The lowest BCUT2D eigenvalue weighted by atomic mass is 10.1. The highest BCUT2D eigenvalue weighted by Gasteiger charge is 2.22. The van der Waals surface area contributed by atoms with Crippen molar-refractivity contribution < 1.29 is 23.5 Å². The lowest BCUT2D eigenvalue weighted by Gasteiger charge is -2.04. The first kappa shape index (κ1) is 17.5. The van der Waals surface area contributed by atoms with Crippen LogP contribution in [-0.2, 0) is 20.9 Å². The van der Waals surface area contributed by atoms with Crippen LogP contribution in [0.4, 0.5) is 0 Å². The number of ether oxygens (including phenoxy) is 2. The summed E-state index contributed by atoms with van der Waals surface area (Å²) in [5.41, 5.74) is 1.94. The van der Waals surface area contributed by atoms with Crippen molar-refractivity contribution in [2.24, 2.45) is 0 Å². The molecule has 0 saturated carbocycles. The van der Waals surface area contributed by atoms with Gasteiger partial charge in [-0.1, -0.05) is 48.5 Å². The molecular weight excluding hydrogens is 332 g/mol. The van der Waals surface area contributed by atoms with Crippen LogP contribution in [0.3, 0.4) is 0 Å². The molecule has 0 aliphatic rings. The van der Waals surface area contributed by atoms with E-state index < -0.39 is 11.9 Å². The number of hydrogen-bond donors (Lipinski definition) is 0. The molecule has 3 rings (SSSR count). The van der Waals surface area contributed by atoms with Gasteiger partial charge < -0.3 is 13.9 Å². The quantitative estimate of drug-likeness (QED) is 0.488. The second kappa shape index (κ2) is 8.16. The molecule has 0 fully saturated rings. The van der Waals surface area contributed by atoms with Gasteiger partial charge >= 0.3 is 11.9 Å².